The van der Waals surface area contributed by atoms with Crippen LogP contribution < -0.4 is 4.89 Å². The molecular weight excluding hydrogens is 301 g/mol. The quantitative estimate of drug-likeness (QED) is 0.453. The Kier molecular flexibility index (Phi) is 16.6. The van der Waals surface area contributed by atoms with Gasteiger partial charge in [0.25, 0.3) is 0 Å². The van der Waals surface area contributed by atoms with Crippen molar-refractivity contribution in [3.8, 4) is 0 Å². The maximum Gasteiger partial charge on any atom is 2.00 e. The molecule has 86 valence electrons. The largest absolute Gasteiger partial charge is 2.00 e. The molecule has 0 fully saturated rings. The molecule has 0 bridgehead atoms. The maximum absolute atomic E-state index is 11.4. The molecule has 1 unspecified atom stereocenters. The molecule has 0 aliphatic heterocycles. The van der Waals surface area contributed by atoms with Crippen LogP contribution in [0.2, 0.25) is 0 Å². The Labute approximate surface area is 116 Å². The summed E-state index contributed by atoms with van der Waals surface area (Å²) in [7, 11) is 0. The van der Waals surface area contributed by atoms with E-state index in [-0.39, 0.29) is 30.8 Å². The summed E-state index contributed by atoms with van der Waals surface area (Å²) in [5, 5.41) is 0.261. The first kappa shape index (κ1) is 21.4. The van der Waals surface area contributed by atoms with E-state index in [1.165, 1.54) is 17.5 Å². The standard InChI is InChI=1S/C6H15O2PS2.C3H5.Zn/c1-5(2)8-9(7,10)11-6(3)4;1-3-2;/h5-6H,1-4H3,(H,7,10);3H,1-2H2;/q;-1;+2/p-1. The molecule has 0 saturated carbocycles. The van der Waals surface area contributed by atoms with Crippen molar-refractivity contribution in [1.29, 1.82) is 0 Å². The number of allylic oxidation sites excluding steroid dienone is 1. The van der Waals surface area contributed by atoms with Crippen LogP contribution in [0.25, 0.3) is 0 Å². The first-order valence-corrected chi connectivity index (χ1v) is 8.45. The Morgan fingerprint density at radius 2 is 1.80 bits per heavy atom. The van der Waals surface area contributed by atoms with E-state index >= 15 is 0 Å². The summed E-state index contributed by atoms with van der Waals surface area (Å²) in [5.74, 6) is 0. The molecule has 0 aromatic carbocycles. The molecule has 0 saturated heterocycles. The van der Waals surface area contributed by atoms with Gasteiger partial charge in [-0.05, 0) is 13.8 Å². The van der Waals surface area contributed by atoms with Crippen LogP contribution in [-0.2, 0) is 35.8 Å². The van der Waals surface area contributed by atoms with Crippen LogP contribution in [-0.4, -0.2) is 11.4 Å². The second kappa shape index (κ2) is 11.6. The van der Waals surface area contributed by atoms with E-state index in [0.29, 0.717) is 0 Å². The molecule has 1 atom stereocenters. The Morgan fingerprint density at radius 1 is 1.47 bits per heavy atom. The summed E-state index contributed by atoms with van der Waals surface area (Å²) in [5.41, 5.74) is -2.80. The third-order valence-corrected chi connectivity index (χ3v) is 5.37. The van der Waals surface area contributed by atoms with Gasteiger partial charge in [-0.2, -0.15) is 0 Å². The van der Waals surface area contributed by atoms with Crippen molar-refractivity contribution in [3.05, 3.63) is 19.6 Å². The van der Waals surface area contributed by atoms with Crippen molar-refractivity contribution in [2.75, 3.05) is 0 Å². The van der Waals surface area contributed by atoms with Crippen LogP contribution in [0.4, 0.5) is 0 Å². The molecule has 0 spiro atoms. The Morgan fingerprint density at radius 3 is 2.00 bits per heavy atom. The zero-order valence-electron chi connectivity index (χ0n) is 9.93. The van der Waals surface area contributed by atoms with Crippen LogP contribution >= 0.6 is 17.1 Å². The van der Waals surface area contributed by atoms with Gasteiger partial charge in [-0.15, -0.1) is 11.4 Å². The molecule has 0 radical (unpaired) electrons. The maximum atomic E-state index is 11.4. The summed E-state index contributed by atoms with van der Waals surface area (Å²) in [4.78, 5) is 11.4. The second-order valence-corrected chi connectivity index (χ2v) is 9.51. The van der Waals surface area contributed by atoms with Gasteiger partial charge in [-0.25, -0.2) is 19.6 Å². The van der Waals surface area contributed by atoms with Crippen molar-refractivity contribution < 1.29 is 28.9 Å². The fourth-order valence-corrected chi connectivity index (χ4v) is 5.90. The van der Waals surface area contributed by atoms with E-state index in [9.17, 15) is 4.89 Å². The predicted molar refractivity (Wildman–Crippen MR) is 68.8 cm³/mol. The third-order valence-electron chi connectivity index (χ3n) is 0.680. The first-order valence-electron chi connectivity index (χ1n) is 4.33. The van der Waals surface area contributed by atoms with Crippen LogP contribution in [0.5, 0.6) is 0 Å². The fraction of sp³-hybridized carbons (Fsp3) is 0.667. The molecule has 15 heavy (non-hydrogen) atoms. The minimum absolute atomic E-state index is 0. The fourth-order valence-electron chi connectivity index (χ4n) is 0.541. The van der Waals surface area contributed by atoms with Gasteiger partial charge in [0.15, 0.2) is 0 Å². The van der Waals surface area contributed by atoms with Crippen molar-refractivity contribution in [3.63, 3.8) is 0 Å². The van der Waals surface area contributed by atoms with Crippen molar-refractivity contribution in [2.45, 2.75) is 39.0 Å². The number of hydrogen-bond donors (Lipinski definition) is 0. The van der Waals surface area contributed by atoms with Crippen LogP contribution in [0, 0.1) is 6.92 Å². The normalized spacial score (nSPS) is 13.5. The van der Waals surface area contributed by atoms with Crippen molar-refractivity contribution >= 4 is 28.9 Å². The molecule has 0 aliphatic carbocycles. The minimum atomic E-state index is -2.80. The van der Waals surface area contributed by atoms with Gasteiger partial charge in [-0.3, -0.25) is 0 Å². The molecule has 0 amide bonds. The monoisotopic (exact) mass is 318 g/mol. The molecule has 0 aromatic heterocycles. The minimum Gasteiger partial charge on any atom is -0.793 e. The molecular formula is C9H19O2PS2Zn. The molecule has 6 heteroatoms. The zero-order chi connectivity index (χ0) is 11.8. The van der Waals surface area contributed by atoms with E-state index < -0.39 is 5.69 Å². The van der Waals surface area contributed by atoms with Gasteiger partial charge >= 0.3 is 19.5 Å². The van der Waals surface area contributed by atoms with Gasteiger partial charge in [0.1, 0.15) is 0 Å². The number of rotatable bonds is 4. The van der Waals surface area contributed by atoms with Gasteiger partial charge in [0, 0.05) is 10.9 Å². The van der Waals surface area contributed by atoms with Crippen molar-refractivity contribution in [2.24, 2.45) is 0 Å². The molecule has 0 rings (SSSR count). The zero-order valence-corrected chi connectivity index (χ0v) is 15.4. The predicted octanol–water partition coefficient (Wildman–Crippen LogP) is 3.14. The van der Waals surface area contributed by atoms with E-state index in [4.69, 9.17) is 16.3 Å². The Balaban J connectivity index is -0.000000320. The van der Waals surface area contributed by atoms with Crippen LogP contribution in [0.1, 0.15) is 27.7 Å². The second-order valence-electron chi connectivity index (χ2n) is 3.04. The number of hydrogen-bond acceptors (Lipinski definition) is 4. The average Bonchev–Trinajstić information content (AvgIpc) is 1.80. The summed E-state index contributed by atoms with van der Waals surface area (Å²) in [6, 6.07) is 0. The molecule has 0 aliphatic rings. The summed E-state index contributed by atoms with van der Waals surface area (Å²) in [6.45, 7) is 14.1. The molecule has 0 heterocycles. The summed E-state index contributed by atoms with van der Waals surface area (Å²) in [6.07, 6.45) is 1.45. The topological polar surface area (TPSA) is 32.3 Å². The van der Waals surface area contributed by atoms with Crippen LogP contribution in [0.15, 0.2) is 12.7 Å². The summed E-state index contributed by atoms with van der Waals surface area (Å²) >= 11 is 6.03. The average molecular weight is 320 g/mol. The smallest absolute Gasteiger partial charge is 0.793 e. The van der Waals surface area contributed by atoms with E-state index in [0.717, 1.165) is 0 Å². The van der Waals surface area contributed by atoms with Gasteiger partial charge in [-0.1, -0.05) is 25.7 Å². The Hall–Kier alpha value is 1.15. The molecule has 0 N–H and O–H groups in total. The molecule has 2 nitrogen and oxygen atoms in total. The third kappa shape index (κ3) is 21.1. The van der Waals surface area contributed by atoms with Gasteiger partial charge < -0.3 is 9.42 Å². The Bertz CT molecular complexity index is 185. The molecule has 0 aromatic rings. The van der Waals surface area contributed by atoms with E-state index in [2.05, 4.69) is 13.5 Å². The van der Waals surface area contributed by atoms with Gasteiger partial charge in [0.05, 0.1) is 6.10 Å². The summed E-state index contributed by atoms with van der Waals surface area (Å²) < 4.78 is 5.08. The first-order chi connectivity index (χ1) is 6.25. The van der Waals surface area contributed by atoms with E-state index in [1.807, 2.05) is 27.7 Å². The van der Waals surface area contributed by atoms with Gasteiger partial charge in [0.2, 0.25) is 0 Å². The van der Waals surface area contributed by atoms with E-state index in [1.54, 1.807) is 0 Å². The SMILES string of the molecule is C=C[CH2-].CC(C)OP([O-])(=S)SC(C)C.[Zn+2]. The van der Waals surface area contributed by atoms with Crippen LogP contribution in [0.3, 0.4) is 0 Å². The van der Waals surface area contributed by atoms with Crippen molar-refractivity contribution in [1.82, 2.24) is 0 Å².